The Morgan fingerprint density at radius 2 is 1.32 bits per heavy atom. The van der Waals surface area contributed by atoms with E-state index in [-0.39, 0.29) is 17.3 Å². The maximum absolute atomic E-state index is 15.2. The van der Waals surface area contributed by atoms with Gasteiger partial charge in [-0.25, -0.2) is 13.2 Å². The molecule has 4 rings (SSSR count). The number of aryl methyl sites for hydroxylation is 1. The summed E-state index contributed by atoms with van der Waals surface area (Å²) in [6.45, 7) is 4.96. The molecule has 41 heavy (non-hydrogen) atoms. The first kappa shape index (κ1) is 31.3. The molecule has 1 nitrogen and oxygen atoms in total. The highest BCUT2D eigenvalue weighted by Gasteiger charge is 2.25. The van der Waals surface area contributed by atoms with Gasteiger partial charge in [0, 0.05) is 11.5 Å². The van der Waals surface area contributed by atoms with E-state index in [0.29, 0.717) is 30.3 Å². The molecule has 0 radical (unpaired) electrons. The molecule has 0 N–H and O–H groups in total. The second-order valence-electron chi connectivity index (χ2n) is 11.8. The second kappa shape index (κ2) is 16.2. The van der Waals surface area contributed by atoms with Crippen LogP contribution in [0.25, 0.3) is 22.3 Å². The van der Waals surface area contributed by atoms with Gasteiger partial charge in [-0.15, -0.1) is 0 Å². The minimum Gasteiger partial charge on any atom is -0.378 e. The van der Waals surface area contributed by atoms with Crippen LogP contribution in [0.1, 0.15) is 114 Å². The fraction of sp³-hybridized carbons (Fsp3) is 0.514. The van der Waals surface area contributed by atoms with E-state index in [4.69, 9.17) is 4.74 Å². The Bertz CT molecular complexity index is 1210. The summed E-state index contributed by atoms with van der Waals surface area (Å²) in [5.41, 5.74) is 3.63. The Balaban J connectivity index is 1.34. The fourth-order valence-electron chi connectivity index (χ4n) is 6.06. The van der Waals surface area contributed by atoms with Gasteiger partial charge in [-0.3, -0.25) is 0 Å². The molecule has 3 aromatic carbocycles. The molecule has 1 saturated heterocycles. The van der Waals surface area contributed by atoms with E-state index in [1.165, 1.54) is 38.5 Å². The molecule has 1 aliphatic rings. The first-order valence-corrected chi connectivity index (χ1v) is 16.0. The molecule has 0 saturated carbocycles. The summed E-state index contributed by atoms with van der Waals surface area (Å²) >= 11 is 0. The van der Waals surface area contributed by atoms with Crippen LogP contribution in [-0.2, 0) is 11.2 Å². The maximum Gasteiger partial charge on any atom is 0.166 e. The summed E-state index contributed by atoms with van der Waals surface area (Å²) in [7, 11) is 0. The van der Waals surface area contributed by atoms with Crippen molar-refractivity contribution in [3.8, 4) is 22.3 Å². The van der Waals surface area contributed by atoms with E-state index < -0.39 is 11.6 Å². The quantitative estimate of drug-likeness (QED) is 0.167. The first-order valence-electron chi connectivity index (χ1n) is 16.0. The lowest BCUT2D eigenvalue weighted by Gasteiger charge is -2.29. The highest BCUT2D eigenvalue weighted by atomic mass is 19.2. The van der Waals surface area contributed by atoms with Crippen molar-refractivity contribution >= 4 is 0 Å². The van der Waals surface area contributed by atoms with Gasteiger partial charge >= 0.3 is 0 Å². The van der Waals surface area contributed by atoms with Crippen LogP contribution in [0.2, 0.25) is 0 Å². The lowest BCUT2D eigenvalue weighted by atomic mass is 9.88. The van der Waals surface area contributed by atoms with E-state index in [9.17, 15) is 8.78 Å². The summed E-state index contributed by atoms with van der Waals surface area (Å²) in [5, 5.41) is 0. The molecule has 0 aromatic heterocycles. The summed E-state index contributed by atoms with van der Waals surface area (Å²) < 4.78 is 51.1. The average molecular weight is 565 g/mol. The SMILES string of the molecule is CCCCCCCc1ccc(-c2ccc(-c3ccc(C4CCC(CCCCCCC)OC4)c(F)c3)cc2)c(F)c1F. The minimum absolute atomic E-state index is 0.0833. The van der Waals surface area contributed by atoms with E-state index in [1.807, 2.05) is 24.3 Å². The highest BCUT2D eigenvalue weighted by molar-refractivity contribution is 5.71. The third kappa shape index (κ3) is 8.70. The van der Waals surface area contributed by atoms with Gasteiger partial charge in [-0.2, -0.15) is 0 Å². The van der Waals surface area contributed by atoms with Gasteiger partial charge in [0.25, 0.3) is 0 Å². The fourth-order valence-corrected chi connectivity index (χ4v) is 6.06. The monoisotopic (exact) mass is 564 g/mol. The third-order valence-electron chi connectivity index (χ3n) is 8.68. The molecule has 0 aliphatic carbocycles. The van der Waals surface area contributed by atoms with Crippen molar-refractivity contribution in [2.45, 2.75) is 116 Å². The Kier molecular flexibility index (Phi) is 12.4. The zero-order chi connectivity index (χ0) is 29.0. The van der Waals surface area contributed by atoms with Crippen LogP contribution in [0.3, 0.4) is 0 Å². The van der Waals surface area contributed by atoms with Crippen LogP contribution in [0.4, 0.5) is 13.2 Å². The van der Waals surface area contributed by atoms with Gasteiger partial charge in [0.05, 0.1) is 12.7 Å². The van der Waals surface area contributed by atoms with Gasteiger partial charge in [0.2, 0.25) is 0 Å². The van der Waals surface area contributed by atoms with Gasteiger partial charge in [-0.1, -0.05) is 120 Å². The predicted octanol–water partition coefficient (Wildman–Crippen LogP) is 11.6. The number of benzene rings is 3. The molecule has 0 bridgehead atoms. The Morgan fingerprint density at radius 1 is 0.659 bits per heavy atom. The Morgan fingerprint density at radius 3 is 1.98 bits per heavy atom. The van der Waals surface area contributed by atoms with Crippen molar-refractivity contribution in [3.05, 3.63) is 83.2 Å². The molecule has 4 heteroatoms. The zero-order valence-corrected chi connectivity index (χ0v) is 25.0. The van der Waals surface area contributed by atoms with Crippen LogP contribution in [0.5, 0.6) is 0 Å². The standard InChI is InChI=1S/C37H47F3O/c1-3-5-7-9-11-13-29-20-24-34(37(40)36(29)39)28-17-15-27(16-18-28)30-21-23-33(35(38)25-30)31-19-22-32(41-26-31)14-12-10-8-6-4-2/h15-18,20-21,23-25,31-32H,3-14,19,22,26H2,1-2H3. The van der Waals surface area contributed by atoms with Crippen LogP contribution in [-0.4, -0.2) is 12.7 Å². The van der Waals surface area contributed by atoms with Crippen molar-refractivity contribution in [3.63, 3.8) is 0 Å². The molecular formula is C37H47F3O. The highest BCUT2D eigenvalue weighted by Crippen LogP contribution is 2.34. The topological polar surface area (TPSA) is 9.23 Å². The first-order chi connectivity index (χ1) is 20.0. The average Bonchev–Trinajstić information content (AvgIpc) is 2.99. The predicted molar refractivity (Wildman–Crippen MR) is 165 cm³/mol. The van der Waals surface area contributed by atoms with Crippen molar-refractivity contribution in [1.82, 2.24) is 0 Å². The van der Waals surface area contributed by atoms with Gasteiger partial charge in [-0.05, 0) is 66.0 Å². The van der Waals surface area contributed by atoms with Crippen LogP contribution >= 0.6 is 0 Å². The number of ether oxygens (including phenoxy) is 1. The smallest absolute Gasteiger partial charge is 0.166 e. The minimum atomic E-state index is -0.798. The van der Waals surface area contributed by atoms with Crippen LogP contribution < -0.4 is 0 Å². The molecular weight excluding hydrogens is 517 g/mol. The second-order valence-corrected chi connectivity index (χ2v) is 11.8. The van der Waals surface area contributed by atoms with Crippen molar-refractivity contribution < 1.29 is 17.9 Å². The van der Waals surface area contributed by atoms with Crippen molar-refractivity contribution in [1.29, 1.82) is 0 Å². The van der Waals surface area contributed by atoms with E-state index in [2.05, 4.69) is 13.8 Å². The molecule has 3 aromatic rings. The Labute approximate surface area is 245 Å². The lowest BCUT2D eigenvalue weighted by Crippen LogP contribution is -2.25. The normalized spacial score (nSPS) is 17.2. The maximum atomic E-state index is 15.2. The largest absolute Gasteiger partial charge is 0.378 e. The summed E-state index contributed by atoms with van der Waals surface area (Å²) in [4.78, 5) is 0. The van der Waals surface area contributed by atoms with E-state index in [1.54, 1.807) is 30.3 Å². The lowest BCUT2D eigenvalue weighted by molar-refractivity contribution is -0.00273. The number of halogens is 3. The Hall–Kier alpha value is -2.59. The molecule has 222 valence electrons. The third-order valence-corrected chi connectivity index (χ3v) is 8.68. The molecule has 1 fully saturated rings. The molecule has 2 atom stereocenters. The number of hydrogen-bond acceptors (Lipinski definition) is 1. The van der Waals surface area contributed by atoms with Crippen molar-refractivity contribution in [2.75, 3.05) is 6.61 Å². The van der Waals surface area contributed by atoms with E-state index >= 15 is 4.39 Å². The van der Waals surface area contributed by atoms with E-state index in [0.717, 1.165) is 61.6 Å². The van der Waals surface area contributed by atoms with Crippen LogP contribution in [0.15, 0.2) is 54.6 Å². The number of rotatable bonds is 15. The summed E-state index contributed by atoms with van der Waals surface area (Å²) in [5.74, 6) is -1.67. The number of hydrogen-bond donors (Lipinski definition) is 0. The van der Waals surface area contributed by atoms with Crippen LogP contribution in [0, 0.1) is 17.5 Å². The molecule has 0 spiro atoms. The summed E-state index contributed by atoms with van der Waals surface area (Å²) in [6.07, 6.45) is 15.6. The molecule has 1 heterocycles. The number of unbranched alkanes of at least 4 members (excludes halogenated alkanes) is 8. The van der Waals surface area contributed by atoms with Crippen molar-refractivity contribution in [2.24, 2.45) is 0 Å². The van der Waals surface area contributed by atoms with Gasteiger partial charge in [0.1, 0.15) is 5.82 Å². The molecule has 1 aliphatic heterocycles. The zero-order valence-electron chi connectivity index (χ0n) is 25.0. The van der Waals surface area contributed by atoms with Gasteiger partial charge in [0.15, 0.2) is 11.6 Å². The van der Waals surface area contributed by atoms with Gasteiger partial charge < -0.3 is 4.74 Å². The molecule has 2 unspecified atom stereocenters. The summed E-state index contributed by atoms with van der Waals surface area (Å²) in [6, 6.07) is 16.0. The molecule has 0 amide bonds.